The molecule has 0 bridgehead atoms. The Morgan fingerprint density at radius 1 is 1.47 bits per heavy atom. The van der Waals surface area contributed by atoms with E-state index in [-0.39, 0.29) is 13.2 Å². The summed E-state index contributed by atoms with van der Waals surface area (Å²) in [5, 5.41) is 2.86. The summed E-state index contributed by atoms with van der Waals surface area (Å²) in [6, 6.07) is 4.93. The van der Waals surface area contributed by atoms with Crippen LogP contribution in [0.5, 0.6) is 5.75 Å². The molecule has 92 valence electrons. The Hall–Kier alpha value is -1.27. The van der Waals surface area contributed by atoms with Crippen molar-refractivity contribution in [1.82, 2.24) is 5.32 Å². The van der Waals surface area contributed by atoms with Crippen LogP contribution in [0.2, 0.25) is 5.02 Å². The zero-order chi connectivity index (χ0) is 12.8. The Labute approximate surface area is 111 Å². The minimum absolute atomic E-state index is 0.201. The highest BCUT2D eigenvalue weighted by Gasteiger charge is 2.06. The number of amides is 2. The number of nitrogens with two attached hydrogens (primary N) is 1. The number of halogens is 2. The minimum Gasteiger partial charge on any atom is -0.483 e. The van der Waals surface area contributed by atoms with Crippen molar-refractivity contribution in [2.75, 3.05) is 13.2 Å². The molecule has 1 rings (SSSR count). The molecule has 0 aliphatic heterocycles. The topological polar surface area (TPSA) is 81.4 Å². The van der Waals surface area contributed by atoms with Gasteiger partial charge in [0.1, 0.15) is 5.75 Å². The summed E-state index contributed by atoms with van der Waals surface area (Å²) in [4.78, 5) is 21.6. The van der Waals surface area contributed by atoms with Crippen molar-refractivity contribution in [3.05, 3.63) is 27.7 Å². The van der Waals surface area contributed by atoms with E-state index in [1.165, 1.54) is 0 Å². The van der Waals surface area contributed by atoms with Gasteiger partial charge < -0.3 is 15.8 Å². The molecular weight excluding hydrogens is 311 g/mol. The van der Waals surface area contributed by atoms with Gasteiger partial charge in [-0.2, -0.15) is 0 Å². The summed E-state index contributed by atoms with van der Waals surface area (Å²) in [7, 11) is 0. The summed E-state index contributed by atoms with van der Waals surface area (Å²) < 4.78 is 5.86. The van der Waals surface area contributed by atoms with E-state index >= 15 is 0 Å². The summed E-state index contributed by atoms with van der Waals surface area (Å²) in [6.07, 6.45) is 0. The number of ether oxygens (including phenoxy) is 1. The third-order valence-electron chi connectivity index (χ3n) is 1.71. The third kappa shape index (κ3) is 5.06. The van der Waals surface area contributed by atoms with Crippen LogP contribution in [-0.2, 0) is 9.59 Å². The second kappa shape index (κ2) is 6.46. The van der Waals surface area contributed by atoms with E-state index < -0.39 is 11.8 Å². The Kier molecular flexibility index (Phi) is 5.24. The van der Waals surface area contributed by atoms with E-state index in [2.05, 4.69) is 21.2 Å². The second-order valence-electron chi connectivity index (χ2n) is 3.11. The number of benzene rings is 1. The normalized spacial score (nSPS) is 9.76. The van der Waals surface area contributed by atoms with Crippen molar-refractivity contribution < 1.29 is 14.3 Å². The van der Waals surface area contributed by atoms with E-state index in [1.54, 1.807) is 18.2 Å². The zero-order valence-electron chi connectivity index (χ0n) is 8.70. The lowest BCUT2D eigenvalue weighted by Gasteiger charge is -2.08. The van der Waals surface area contributed by atoms with E-state index in [4.69, 9.17) is 22.1 Å². The number of primary amides is 1. The molecule has 0 aliphatic rings. The lowest BCUT2D eigenvalue weighted by Crippen LogP contribution is -2.36. The maximum absolute atomic E-state index is 11.2. The molecule has 0 spiro atoms. The molecule has 1 aromatic carbocycles. The fraction of sp³-hybridized carbons (Fsp3) is 0.200. The standard InChI is InChI=1S/C10H10BrClN2O3/c11-7-3-6(12)1-2-8(7)17-5-10(16)14-4-9(13)15/h1-3H,4-5H2,(H2,13,15)(H,14,16). The summed E-state index contributed by atoms with van der Waals surface area (Å²) >= 11 is 8.99. The van der Waals surface area contributed by atoms with Crippen molar-refractivity contribution >= 4 is 39.3 Å². The van der Waals surface area contributed by atoms with Crippen LogP contribution >= 0.6 is 27.5 Å². The highest BCUT2D eigenvalue weighted by atomic mass is 79.9. The Bertz CT molecular complexity index is 440. The fourth-order valence-electron chi connectivity index (χ4n) is 0.972. The van der Waals surface area contributed by atoms with Gasteiger partial charge in [-0.15, -0.1) is 0 Å². The molecular formula is C10H10BrClN2O3. The van der Waals surface area contributed by atoms with Gasteiger partial charge in [0, 0.05) is 5.02 Å². The van der Waals surface area contributed by atoms with Crippen molar-refractivity contribution in [2.24, 2.45) is 5.73 Å². The molecule has 0 heterocycles. The molecule has 0 saturated carbocycles. The zero-order valence-corrected chi connectivity index (χ0v) is 11.0. The molecule has 0 atom stereocenters. The monoisotopic (exact) mass is 320 g/mol. The molecule has 2 amide bonds. The van der Waals surface area contributed by atoms with E-state index in [0.717, 1.165) is 0 Å². The Morgan fingerprint density at radius 3 is 2.76 bits per heavy atom. The van der Waals surface area contributed by atoms with Crippen LogP contribution in [0.15, 0.2) is 22.7 Å². The number of rotatable bonds is 5. The van der Waals surface area contributed by atoms with Crippen LogP contribution in [0.3, 0.4) is 0 Å². The average Bonchev–Trinajstić information content (AvgIpc) is 2.25. The first kappa shape index (κ1) is 13.8. The first-order valence-electron chi connectivity index (χ1n) is 4.62. The van der Waals surface area contributed by atoms with Gasteiger partial charge in [0.15, 0.2) is 6.61 Å². The quantitative estimate of drug-likeness (QED) is 0.851. The molecule has 0 unspecified atom stereocenters. The van der Waals surface area contributed by atoms with E-state index in [0.29, 0.717) is 15.2 Å². The maximum atomic E-state index is 11.2. The van der Waals surface area contributed by atoms with Crippen molar-refractivity contribution in [2.45, 2.75) is 0 Å². The van der Waals surface area contributed by atoms with Gasteiger partial charge >= 0.3 is 0 Å². The molecule has 1 aromatic rings. The van der Waals surface area contributed by atoms with Gasteiger partial charge in [-0.25, -0.2) is 0 Å². The number of carbonyl (C=O) groups is 2. The van der Waals surface area contributed by atoms with Gasteiger partial charge in [-0.1, -0.05) is 11.6 Å². The number of hydrogen-bond donors (Lipinski definition) is 2. The molecule has 0 fully saturated rings. The van der Waals surface area contributed by atoms with Gasteiger partial charge in [0.05, 0.1) is 11.0 Å². The predicted molar refractivity (Wildman–Crippen MR) is 66.9 cm³/mol. The van der Waals surface area contributed by atoms with Gasteiger partial charge in [0.25, 0.3) is 5.91 Å². The van der Waals surface area contributed by atoms with Crippen molar-refractivity contribution in [1.29, 1.82) is 0 Å². The molecule has 0 saturated heterocycles. The number of carbonyl (C=O) groups excluding carboxylic acids is 2. The minimum atomic E-state index is -0.606. The number of nitrogens with one attached hydrogen (secondary N) is 1. The first-order chi connectivity index (χ1) is 7.99. The van der Waals surface area contributed by atoms with Crippen LogP contribution in [0, 0.1) is 0 Å². The lowest BCUT2D eigenvalue weighted by molar-refractivity contribution is -0.126. The molecule has 0 aliphatic carbocycles. The first-order valence-corrected chi connectivity index (χ1v) is 5.79. The maximum Gasteiger partial charge on any atom is 0.258 e. The number of hydrogen-bond acceptors (Lipinski definition) is 3. The Balaban J connectivity index is 2.44. The highest BCUT2D eigenvalue weighted by molar-refractivity contribution is 9.10. The van der Waals surface area contributed by atoms with Crippen LogP contribution in [0.25, 0.3) is 0 Å². The van der Waals surface area contributed by atoms with E-state index in [9.17, 15) is 9.59 Å². The summed E-state index contributed by atoms with van der Waals surface area (Å²) in [5.74, 6) is -0.541. The van der Waals surface area contributed by atoms with Crippen LogP contribution in [0.4, 0.5) is 0 Å². The second-order valence-corrected chi connectivity index (χ2v) is 4.40. The van der Waals surface area contributed by atoms with Crippen LogP contribution in [-0.4, -0.2) is 25.0 Å². The third-order valence-corrected chi connectivity index (χ3v) is 2.57. The van der Waals surface area contributed by atoms with Crippen LogP contribution in [0.1, 0.15) is 0 Å². The smallest absolute Gasteiger partial charge is 0.258 e. The molecule has 0 aromatic heterocycles. The van der Waals surface area contributed by atoms with Crippen molar-refractivity contribution in [3.63, 3.8) is 0 Å². The largest absolute Gasteiger partial charge is 0.483 e. The molecule has 5 nitrogen and oxygen atoms in total. The van der Waals surface area contributed by atoms with Gasteiger partial charge in [-0.05, 0) is 34.1 Å². The van der Waals surface area contributed by atoms with Gasteiger partial charge in [-0.3, -0.25) is 9.59 Å². The molecule has 7 heteroatoms. The van der Waals surface area contributed by atoms with Crippen molar-refractivity contribution in [3.8, 4) is 5.75 Å². The summed E-state index contributed by atoms with van der Waals surface area (Å²) in [5.41, 5.74) is 4.87. The van der Waals surface area contributed by atoms with Crippen LogP contribution < -0.4 is 15.8 Å². The molecule has 17 heavy (non-hydrogen) atoms. The molecule has 3 N–H and O–H groups in total. The highest BCUT2D eigenvalue weighted by Crippen LogP contribution is 2.27. The lowest BCUT2D eigenvalue weighted by atomic mass is 10.3. The van der Waals surface area contributed by atoms with E-state index in [1.807, 2.05) is 0 Å². The summed E-state index contributed by atoms with van der Waals surface area (Å²) in [6.45, 7) is -0.405. The fourth-order valence-corrected chi connectivity index (χ4v) is 1.77. The van der Waals surface area contributed by atoms with Gasteiger partial charge in [0.2, 0.25) is 5.91 Å². The Morgan fingerprint density at radius 2 is 2.18 bits per heavy atom. The molecule has 0 radical (unpaired) electrons. The predicted octanol–water partition coefficient (Wildman–Crippen LogP) is 1.08. The SMILES string of the molecule is NC(=O)CNC(=O)COc1ccc(Cl)cc1Br. The average molecular weight is 322 g/mol.